The lowest BCUT2D eigenvalue weighted by Gasteiger charge is -2.07. The van der Waals surface area contributed by atoms with Gasteiger partial charge in [-0.25, -0.2) is 9.67 Å². The van der Waals surface area contributed by atoms with E-state index in [4.69, 9.17) is 5.11 Å². The van der Waals surface area contributed by atoms with Crippen LogP contribution in [0.5, 0.6) is 0 Å². The molecule has 7 heteroatoms. The number of carbonyl (C=O) groups excluding carboxylic acids is 1. The van der Waals surface area contributed by atoms with E-state index in [9.17, 15) is 9.59 Å². The van der Waals surface area contributed by atoms with E-state index in [2.05, 4.69) is 15.4 Å². The Hall–Kier alpha value is -1.92. The lowest BCUT2D eigenvalue weighted by Crippen LogP contribution is -2.30. The van der Waals surface area contributed by atoms with Gasteiger partial charge in [0.1, 0.15) is 19.2 Å². The van der Waals surface area contributed by atoms with Gasteiger partial charge < -0.3 is 10.4 Å². The minimum absolute atomic E-state index is 0.0987. The summed E-state index contributed by atoms with van der Waals surface area (Å²) in [5, 5.41) is 15.0. The average Bonchev–Trinajstić information content (AvgIpc) is 2.70. The quantitative estimate of drug-likeness (QED) is 0.681. The highest BCUT2D eigenvalue weighted by atomic mass is 16.4. The van der Waals surface area contributed by atoms with Crippen LogP contribution in [-0.2, 0) is 16.1 Å². The summed E-state index contributed by atoms with van der Waals surface area (Å²) in [4.78, 5) is 25.5. The summed E-state index contributed by atoms with van der Waals surface area (Å²) in [6, 6.07) is 0. The van der Waals surface area contributed by atoms with Gasteiger partial charge >= 0.3 is 5.97 Å². The molecule has 0 saturated carbocycles. The Balaban J connectivity index is 2.18. The topological polar surface area (TPSA) is 97.1 Å². The van der Waals surface area contributed by atoms with Crippen molar-refractivity contribution in [3.05, 3.63) is 12.7 Å². The number of carboxylic acid groups (broad SMARTS) is 1. The standard InChI is InChI=1S/C9H14N4O3/c1-7(9(15)16)2-3-11-8(14)4-13-6-10-5-12-13/h5-7H,2-4H2,1H3,(H,11,14)(H,15,16). The van der Waals surface area contributed by atoms with Gasteiger partial charge in [-0.1, -0.05) is 6.92 Å². The molecular weight excluding hydrogens is 212 g/mol. The van der Waals surface area contributed by atoms with Crippen LogP contribution < -0.4 is 5.32 Å². The number of aliphatic carboxylic acids is 1. The highest BCUT2D eigenvalue weighted by Crippen LogP contribution is 1.99. The van der Waals surface area contributed by atoms with Gasteiger partial charge in [-0.2, -0.15) is 5.10 Å². The third kappa shape index (κ3) is 4.07. The van der Waals surface area contributed by atoms with Gasteiger partial charge in [-0.15, -0.1) is 0 Å². The molecule has 0 fully saturated rings. The smallest absolute Gasteiger partial charge is 0.306 e. The molecule has 1 aromatic rings. The first-order chi connectivity index (χ1) is 7.59. The van der Waals surface area contributed by atoms with Gasteiger partial charge in [0, 0.05) is 6.54 Å². The molecule has 0 aromatic carbocycles. The van der Waals surface area contributed by atoms with Crippen LogP contribution in [0.1, 0.15) is 13.3 Å². The zero-order valence-electron chi connectivity index (χ0n) is 8.96. The molecule has 0 aliphatic carbocycles. The molecular formula is C9H14N4O3. The minimum atomic E-state index is -0.856. The summed E-state index contributed by atoms with van der Waals surface area (Å²) in [6.07, 6.45) is 3.21. The first kappa shape index (κ1) is 12.2. The van der Waals surface area contributed by atoms with Crippen LogP contribution in [0.2, 0.25) is 0 Å². The van der Waals surface area contributed by atoms with Crippen molar-refractivity contribution in [1.29, 1.82) is 0 Å². The van der Waals surface area contributed by atoms with E-state index in [1.165, 1.54) is 17.3 Å². The fourth-order valence-corrected chi connectivity index (χ4v) is 1.07. The zero-order valence-corrected chi connectivity index (χ0v) is 8.96. The van der Waals surface area contributed by atoms with Crippen molar-refractivity contribution in [3.8, 4) is 0 Å². The van der Waals surface area contributed by atoms with E-state index >= 15 is 0 Å². The van der Waals surface area contributed by atoms with Gasteiger partial charge in [0.15, 0.2) is 0 Å². The number of nitrogens with zero attached hydrogens (tertiary/aromatic N) is 3. The molecule has 7 nitrogen and oxygen atoms in total. The second-order valence-corrected chi connectivity index (χ2v) is 3.47. The first-order valence-corrected chi connectivity index (χ1v) is 4.91. The van der Waals surface area contributed by atoms with Gasteiger partial charge in [-0.05, 0) is 6.42 Å². The summed E-state index contributed by atoms with van der Waals surface area (Å²) in [6.45, 7) is 2.05. The van der Waals surface area contributed by atoms with Crippen LogP contribution >= 0.6 is 0 Å². The van der Waals surface area contributed by atoms with Gasteiger partial charge in [0.2, 0.25) is 5.91 Å². The Morgan fingerprint density at radius 3 is 2.88 bits per heavy atom. The monoisotopic (exact) mass is 226 g/mol. The molecule has 88 valence electrons. The molecule has 0 saturated heterocycles. The fourth-order valence-electron chi connectivity index (χ4n) is 1.07. The number of aromatic nitrogens is 3. The maximum atomic E-state index is 11.3. The molecule has 1 heterocycles. The number of amides is 1. The maximum absolute atomic E-state index is 11.3. The highest BCUT2D eigenvalue weighted by molar-refractivity contribution is 5.75. The van der Waals surface area contributed by atoms with Crippen molar-refractivity contribution in [2.75, 3.05) is 6.54 Å². The van der Waals surface area contributed by atoms with Crippen LogP contribution in [0, 0.1) is 5.92 Å². The lowest BCUT2D eigenvalue weighted by molar-refractivity contribution is -0.141. The molecule has 16 heavy (non-hydrogen) atoms. The molecule has 0 spiro atoms. The van der Waals surface area contributed by atoms with E-state index in [-0.39, 0.29) is 12.5 Å². The normalized spacial score (nSPS) is 12.1. The number of rotatable bonds is 6. The summed E-state index contributed by atoms with van der Waals surface area (Å²) in [5.41, 5.74) is 0. The third-order valence-electron chi connectivity index (χ3n) is 2.09. The van der Waals surface area contributed by atoms with Gasteiger partial charge in [0.25, 0.3) is 0 Å². The van der Waals surface area contributed by atoms with Crippen LogP contribution in [0.15, 0.2) is 12.7 Å². The Morgan fingerprint density at radius 1 is 1.56 bits per heavy atom. The SMILES string of the molecule is CC(CCNC(=O)Cn1cncn1)C(=O)O. The Bertz CT molecular complexity index is 350. The summed E-state index contributed by atoms with van der Waals surface area (Å²) in [7, 11) is 0. The van der Waals surface area contributed by atoms with Crippen molar-refractivity contribution in [1.82, 2.24) is 20.1 Å². The van der Waals surface area contributed by atoms with Crippen LogP contribution in [0.4, 0.5) is 0 Å². The zero-order chi connectivity index (χ0) is 12.0. The summed E-state index contributed by atoms with van der Waals surface area (Å²) < 4.78 is 1.40. The first-order valence-electron chi connectivity index (χ1n) is 4.91. The molecule has 2 N–H and O–H groups in total. The van der Waals surface area contributed by atoms with Crippen molar-refractivity contribution in [2.24, 2.45) is 5.92 Å². The second-order valence-electron chi connectivity index (χ2n) is 3.47. The molecule has 0 bridgehead atoms. The van der Waals surface area contributed by atoms with Crippen LogP contribution in [0.3, 0.4) is 0 Å². The summed E-state index contributed by atoms with van der Waals surface area (Å²) in [5.74, 6) is -1.51. The second kappa shape index (κ2) is 5.84. The van der Waals surface area contributed by atoms with E-state index in [0.717, 1.165) is 0 Å². The fraction of sp³-hybridized carbons (Fsp3) is 0.556. The third-order valence-corrected chi connectivity index (χ3v) is 2.09. The molecule has 1 atom stereocenters. The van der Waals surface area contributed by atoms with E-state index < -0.39 is 11.9 Å². The van der Waals surface area contributed by atoms with Crippen LogP contribution in [0.25, 0.3) is 0 Å². The predicted octanol–water partition coefficient (Wildman–Crippen LogP) is -0.495. The van der Waals surface area contributed by atoms with Gasteiger partial charge in [-0.3, -0.25) is 9.59 Å². The number of hydrogen-bond acceptors (Lipinski definition) is 4. The highest BCUT2D eigenvalue weighted by Gasteiger charge is 2.10. The molecule has 1 rings (SSSR count). The van der Waals surface area contributed by atoms with E-state index in [1.807, 2.05) is 0 Å². The van der Waals surface area contributed by atoms with Crippen molar-refractivity contribution < 1.29 is 14.7 Å². The van der Waals surface area contributed by atoms with E-state index in [1.54, 1.807) is 6.92 Å². The van der Waals surface area contributed by atoms with Crippen LogP contribution in [-0.4, -0.2) is 38.3 Å². The number of carboxylic acids is 1. The number of hydrogen-bond donors (Lipinski definition) is 2. The molecule has 1 amide bonds. The summed E-state index contributed by atoms with van der Waals surface area (Å²) >= 11 is 0. The molecule has 1 unspecified atom stereocenters. The minimum Gasteiger partial charge on any atom is -0.481 e. The van der Waals surface area contributed by atoms with Crippen molar-refractivity contribution >= 4 is 11.9 Å². The van der Waals surface area contributed by atoms with E-state index in [0.29, 0.717) is 13.0 Å². The van der Waals surface area contributed by atoms with Gasteiger partial charge in [0.05, 0.1) is 5.92 Å². The molecule has 1 aromatic heterocycles. The molecule has 0 aliphatic heterocycles. The Labute approximate surface area is 92.5 Å². The average molecular weight is 226 g/mol. The number of carbonyl (C=O) groups is 2. The Kier molecular flexibility index (Phi) is 4.43. The predicted molar refractivity (Wildman–Crippen MR) is 54.4 cm³/mol. The Morgan fingerprint density at radius 2 is 2.31 bits per heavy atom. The van der Waals surface area contributed by atoms with Crippen molar-refractivity contribution in [3.63, 3.8) is 0 Å². The maximum Gasteiger partial charge on any atom is 0.306 e. The lowest BCUT2D eigenvalue weighted by atomic mass is 10.1. The number of nitrogens with one attached hydrogen (secondary N) is 1. The molecule has 0 radical (unpaired) electrons. The molecule has 0 aliphatic rings. The van der Waals surface area contributed by atoms with Crippen molar-refractivity contribution in [2.45, 2.75) is 19.9 Å². The largest absolute Gasteiger partial charge is 0.481 e.